The van der Waals surface area contributed by atoms with Crippen LogP contribution in [0.5, 0.6) is 5.75 Å². The first-order valence-electron chi connectivity index (χ1n) is 7.06. The predicted octanol–water partition coefficient (Wildman–Crippen LogP) is 3.34. The number of nitrogens with one attached hydrogen (secondary N) is 1. The molecule has 0 saturated carbocycles. The molecule has 24 heavy (non-hydrogen) atoms. The molecule has 1 N–H and O–H groups in total. The average molecular weight is 358 g/mol. The standard InChI is InChI=1S/C16H14N4O2S2/c1-22-12-7-5-11(6-8-12)15-19-16(24-20-15)23-10-14(21)18-13-4-2-3-9-17-13/h2-9H,10H2,1H3,(H,17,18,21). The molecule has 1 aromatic carbocycles. The smallest absolute Gasteiger partial charge is 0.235 e. The molecule has 2 aromatic heterocycles. The number of thioether (sulfide) groups is 1. The highest BCUT2D eigenvalue weighted by molar-refractivity contribution is 8.01. The Bertz CT molecular complexity index is 806. The van der Waals surface area contributed by atoms with Crippen LogP contribution in [0.1, 0.15) is 0 Å². The van der Waals surface area contributed by atoms with E-state index in [9.17, 15) is 4.79 Å². The van der Waals surface area contributed by atoms with E-state index in [2.05, 4.69) is 19.7 Å². The van der Waals surface area contributed by atoms with Crippen LogP contribution in [-0.2, 0) is 4.79 Å². The summed E-state index contributed by atoms with van der Waals surface area (Å²) in [6.07, 6.45) is 1.63. The van der Waals surface area contributed by atoms with Crippen LogP contribution in [-0.4, -0.2) is 33.1 Å². The number of rotatable bonds is 6. The van der Waals surface area contributed by atoms with Gasteiger partial charge in [-0.05, 0) is 47.9 Å². The number of benzene rings is 1. The first-order valence-corrected chi connectivity index (χ1v) is 8.82. The lowest BCUT2D eigenvalue weighted by Crippen LogP contribution is -2.14. The third-order valence-corrected chi connectivity index (χ3v) is 4.85. The van der Waals surface area contributed by atoms with Gasteiger partial charge in [-0.1, -0.05) is 17.8 Å². The van der Waals surface area contributed by atoms with Gasteiger partial charge in [0.1, 0.15) is 11.6 Å². The minimum Gasteiger partial charge on any atom is -0.497 e. The zero-order valence-electron chi connectivity index (χ0n) is 12.8. The summed E-state index contributed by atoms with van der Waals surface area (Å²) < 4.78 is 10.2. The fraction of sp³-hybridized carbons (Fsp3) is 0.125. The van der Waals surface area contributed by atoms with Gasteiger partial charge < -0.3 is 10.1 Å². The number of carbonyl (C=O) groups is 1. The van der Waals surface area contributed by atoms with Crippen LogP contribution in [0.2, 0.25) is 0 Å². The zero-order valence-corrected chi connectivity index (χ0v) is 14.4. The number of ether oxygens (including phenoxy) is 1. The van der Waals surface area contributed by atoms with Crippen molar-refractivity contribution in [2.45, 2.75) is 4.34 Å². The molecular formula is C16H14N4O2S2. The summed E-state index contributed by atoms with van der Waals surface area (Å²) in [6.45, 7) is 0. The lowest BCUT2D eigenvalue weighted by Gasteiger charge is -2.02. The fourth-order valence-electron chi connectivity index (χ4n) is 1.87. The van der Waals surface area contributed by atoms with E-state index in [-0.39, 0.29) is 11.7 Å². The molecule has 3 aromatic rings. The molecule has 0 spiro atoms. The molecule has 0 aliphatic heterocycles. The third kappa shape index (κ3) is 4.30. The number of pyridine rings is 1. The summed E-state index contributed by atoms with van der Waals surface area (Å²) in [5.41, 5.74) is 0.914. The Morgan fingerprint density at radius 2 is 2.08 bits per heavy atom. The number of aromatic nitrogens is 3. The monoisotopic (exact) mass is 358 g/mol. The first-order chi connectivity index (χ1) is 11.7. The topological polar surface area (TPSA) is 77.0 Å². The molecule has 8 heteroatoms. The van der Waals surface area contributed by atoms with Crippen molar-refractivity contribution in [3.63, 3.8) is 0 Å². The van der Waals surface area contributed by atoms with Gasteiger partial charge in [-0.25, -0.2) is 9.97 Å². The number of carbonyl (C=O) groups excluding carboxylic acids is 1. The van der Waals surface area contributed by atoms with Crippen LogP contribution >= 0.6 is 23.3 Å². The molecule has 6 nitrogen and oxygen atoms in total. The highest BCUT2D eigenvalue weighted by Crippen LogP contribution is 2.26. The molecule has 0 unspecified atom stereocenters. The second-order valence-corrected chi connectivity index (χ2v) is 6.64. The third-order valence-electron chi connectivity index (χ3n) is 3.01. The van der Waals surface area contributed by atoms with E-state index in [1.54, 1.807) is 25.4 Å². The van der Waals surface area contributed by atoms with Crippen LogP contribution in [0.3, 0.4) is 0 Å². The van der Waals surface area contributed by atoms with Gasteiger partial charge in [0.15, 0.2) is 10.2 Å². The molecule has 0 radical (unpaired) electrons. The van der Waals surface area contributed by atoms with E-state index in [0.29, 0.717) is 11.6 Å². The Balaban J connectivity index is 1.56. The van der Waals surface area contributed by atoms with Crippen LogP contribution in [0, 0.1) is 0 Å². The first kappa shape index (κ1) is 16.4. The van der Waals surface area contributed by atoms with Crippen molar-refractivity contribution in [2.24, 2.45) is 0 Å². The van der Waals surface area contributed by atoms with Crippen LogP contribution in [0.4, 0.5) is 5.82 Å². The molecule has 122 valence electrons. The number of amides is 1. The lowest BCUT2D eigenvalue weighted by molar-refractivity contribution is -0.113. The van der Waals surface area contributed by atoms with E-state index in [0.717, 1.165) is 15.7 Å². The Kier molecular flexibility index (Phi) is 5.39. The largest absolute Gasteiger partial charge is 0.497 e. The Hall–Kier alpha value is -2.45. The zero-order chi connectivity index (χ0) is 16.8. The molecule has 0 fully saturated rings. The van der Waals surface area contributed by atoms with E-state index >= 15 is 0 Å². The second-order valence-electron chi connectivity index (χ2n) is 4.66. The van der Waals surface area contributed by atoms with Crippen molar-refractivity contribution < 1.29 is 9.53 Å². The maximum Gasteiger partial charge on any atom is 0.235 e. The Morgan fingerprint density at radius 3 is 2.79 bits per heavy atom. The van der Waals surface area contributed by atoms with E-state index in [1.165, 1.54) is 23.3 Å². The van der Waals surface area contributed by atoms with Crippen molar-refractivity contribution in [3.8, 4) is 17.1 Å². The maximum absolute atomic E-state index is 11.9. The predicted molar refractivity (Wildman–Crippen MR) is 95.5 cm³/mol. The summed E-state index contributed by atoms with van der Waals surface area (Å²) in [4.78, 5) is 20.4. The highest BCUT2D eigenvalue weighted by Gasteiger charge is 2.10. The normalized spacial score (nSPS) is 10.4. The molecule has 3 rings (SSSR count). The number of anilines is 1. The van der Waals surface area contributed by atoms with Crippen molar-refractivity contribution in [3.05, 3.63) is 48.7 Å². The average Bonchev–Trinajstić information content (AvgIpc) is 3.10. The quantitative estimate of drug-likeness (QED) is 0.681. The van der Waals surface area contributed by atoms with Gasteiger partial charge in [-0.15, -0.1) is 0 Å². The summed E-state index contributed by atoms with van der Waals surface area (Å²) in [6, 6.07) is 12.9. The lowest BCUT2D eigenvalue weighted by atomic mass is 10.2. The number of hydrogen-bond acceptors (Lipinski definition) is 7. The van der Waals surface area contributed by atoms with E-state index < -0.39 is 0 Å². The van der Waals surface area contributed by atoms with Crippen molar-refractivity contribution in [2.75, 3.05) is 18.2 Å². The minimum absolute atomic E-state index is 0.125. The molecule has 2 heterocycles. The summed E-state index contributed by atoms with van der Waals surface area (Å²) in [7, 11) is 1.63. The Labute approximate surface area is 147 Å². The van der Waals surface area contributed by atoms with Gasteiger partial charge in [0.2, 0.25) is 5.91 Å². The van der Waals surface area contributed by atoms with Crippen molar-refractivity contribution in [1.29, 1.82) is 0 Å². The number of nitrogens with zero attached hydrogens (tertiary/aromatic N) is 3. The maximum atomic E-state index is 11.9. The summed E-state index contributed by atoms with van der Waals surface area (Å²) in [5.74, 6) is 2.11. The molecule has 0 aliphatic rings. The minimum atomic E-state index is -0.125. The summed E-state index contributed by atoms with van der Waals surface area (Å²) in [5, 5.41) is 2.73. The van der Waals surface area contributed by atoms with Crippen LogP contribution in [0.15, 0.2) is 53.0 Å². The SMILES string of the molecule is COc1ccc(-c2nsc(SCC(=O)Nc3ccccn3)n2)cc1. The van der Waals surface area contributed by atoms with Gasteiger partial charge in [0, 0.05) is 11.8 Å². The second kappa shape index (κ2) is 7.89. The van der Waals surface area contributed by atoms with E-state index in [1.807, 2.05) is 30.3 Å². The molecule has 0 aliphatic carbocycles. The van der Waals surface area contributed by atoms with Gasteiger partial charge in [0.05, 0.1) is 12.9 Å². The molecule has 1 amide bonds. The molecule has 0 atom stereocenters. The fourth-order valence-corrected chi connectivity index (χ4v) is 3.28. The highest BCUT2D eigenvalue weighted by atomic mass is 32.2. The van der Waals surface area contributed by atoms with Gasteiger partial charge >= 0.3 is 0 Å². The van der Waals surface area contributed by atoms with Crippen molar-refractivity contribution >= 4 is 35.0 Å². The Morgan fingerprint density at radius 1 is 1.25 bits per heavy atom. The van der Waals surface area contributed by atoms with Gasteiger partial charge in [-0.2, -0.15) is 4.37 Å². The number of hydrogen-bond donors (Lipinski definition) is 1. The van der Waals surface area contributed by atoms with Crippen LogP contribution in [0.25, 0.3) is 11.4 Å². The van der Waals surface area contributed by atoms with E-state index in [4.69, 9.17) is 4.74 Å². The van der Waals surface area contributed by atoms with Gasteiger partial charge in [0.25, 0.3) is 0 Å². The van der Waals surface area contributed by atoms with Gasteiger partial charge in [-0.3, -0.25) is 4.79 Å². The molecule has 0 bridgehead atoms. The van der Waals surface area contributed by atoms with Crippen molar-refractivity contribution in [1.82, 2.24) is 14.3 Å². The molecule has 0 saturated heterocycles. The summed E-state index contributed by atoms with van der Waals surface area (Å²) >= 11 is 2.63. The van der Waals surface area contributed by atoms with Crippen LogP contribution < -0.4 is 10.1 Å². The number of methoxy groups -OCH3 is 1. The molecular weight excluding hydrogens is 344 g/mol.